The molecule has 3 unspecified atom stereocenters. The minimum Gasteiger partial charge on any atom is -0.298 e. The fourth-order valence-electron chi connectivity index (χ4n) is 4.76. The van der Waals surface area contributed by atoms with Crippen LogP contribution in [0.5, 0.6) is 0 Å². The number of piperazine rings is 1. The second-order valence-corrected chi connectivity index (χ2v) is 8.36. The molecule has 0 N–H and O–H groups in total. The molecular formula is C17H32N2. The standard InChI is InChI=1S/C17H32N2/c1-13(2)16-12-18-9-5-6-15(18)11-19(16)14-7-8-17(3,4)10-14/h13-16H,5-12H2,1-4H3. The number of hydrogen-bond acceptors (Lipinski definition) is 2. The van der Waals surface area contributed by atoms with Gasteiger partial charge in [-0.1, -0.05) is 27.7 Å². The summed E-state index contributed by atoms with van der Waals surface area (Å²) in [7, 11) is 0. The van der Waals surface area contributed by atoms with Gasteiger partial charge in [-0.05, 0) is 50.0 Å². The Morgan fingerprint density at radius 1 is 1.05 bits per heavy atom. The molecule has 3 rings (SSSR count). The van der Waals surface area contributed by atoms with E-state index in [2.05, 4.69) is 37.5 Å². The average Bonchev–Trinajstić information content (AvgIpc) is 2.92. The maximum Gasteiger partial charge on any atom is 0.0249 e. The van der Waals surface area contributed by atoms with Crippen LogP contribution >= 0.6 is 0 Å². The molecule has 0 aromatic rings. The molecule has 1 saturated carbocycles. The summed E-state index contributed by atoms with van der Waals surface area (Å²) in [6.45, 7) is 13.8. The first-order chi connectivity index (χ1) is 8.96. The van der Waals surface area contributed by atoms with Crippen LogP contribution in [0.25, 0.3) is 0 Å². The Morgan fingerprint density at radius 3 is 2.47 bits per heavy atom. The van der Waals surface area contributed by atoms with Gasteiger partial charge in [-0.25, -0.2) is 0 Å². The first kappa shape index (κ1) is 13.9. The second-order valence-electron chi connectivity index (χ2n) is 8.36. The summed E-state index contributed by atoms with van der Waals surface area (Å²) < 4.78 is 0. The Kier molecular flexibility index (Phi) is 3.68. The normalized spacial score (nSPS) is 39.9. The minimum absolute atomic E-state index is 0.582. The van der Waals surface area contributed by atoms with Gasteiger partial charge in [0.1, 0.15) is 0 Å². The highest BCUT2D eigenvalue weighted by molar-refractivity contribution is 4.98. The Hall–Kier alpha value is -0.0800. The first-order valence-electron chi connectivity index (χ1n) is 8.46. The highest BCUT2D eigenvalue weighted by Gasteiger charge is 2.43. The lowest BCUT2D eigenvalue weighted by Crippen LogP contribution is -2.60. The fourth-order valence-corrected chi connectivity index (χ4v) is 4.76. The topological polar surface area (TPSA) is 6.48 Å². The Bertz CT molecular complexity index is 323. The smallest absolute Gasteiger partial charge is 0.0249 e. The van der Waals surface area contributed by atoms with Crippen molar-refractivity contribution in [2.24, 2.45) is 11.3 Å². The molecule has 2 heterocycles. The van der Waals surface area contributed by atoms with E-state index in [1.54, 1.807) is 0 Å². The molecular weight excluding hydrogens is 232 g/mol. The summed E-state index contributed by atoms with van der Waals surface area (Å²) >= 11 is 0. The molecule has 2 heteroatoms. The number of fused-ring (bicyclic) bond motifs is 1. The highest BCUT2D eigenvalue weighted by Crippen LogP contribution is 2.42. The van der Waals surface area contributed by atoms with Crippen LogP contribution in [0.4, 0.5) is 0 Å². The number of nitrogens with zero attached hydrogens (tertiary/aromatic N) is 2. The molecule has 0 aromatic heterocycles. The monoisotopic (exact) mass is 264 g/mol. The van der Waals surface area contributed by atoms with E-state index in [-0.39, 0.29) is 0 Å². The van der Waals surface area contributed by atoms with Crippen LogP contribution in [0, 0.1) is 11.3 Å². The van der Waals surface area contributed by atoms with Gasteiger partial charge in [0.15, 0.2) is 0 Å². The van der Waals surface area contributed by atoms with Crippen LogP contribution in [0.3, 0.4) is 0 Å². The summed E-state index contributed by atoms with van der Waals surface area (Å²) in [4.78, 5) is 5.70. The molecule has 0 spiro atoms. The zero-order chi connectivity index (χ0) is 13.6. The molecule has 2 saturated heterocycles. The number of rotatable bonds is 2. The lowest BCUT2D eigenvalue weighted by Gasteiger charge is -2.48. The van der Waals surface area contributed by atoms with E-state index < -0.39 is 0 Å². The summed E-state index contributed by atoms with van der Waals surface area (Å²) in [5.41, 5.74) is 0.582. The molecule has 2 aliphatic heterocycles. The summed E-state index contributed by atoms with van der Waals surface area (Å²) in [5.74, 6) is 0.797. The minimum atomic E-state index is 0.582. The van der Waals surface area contributed by atoms with Crippen molar-refractivity contribution in [3.05, 3.63) is 0 Å². The van der Waals surface area contributed by atoms with Gasteiger partial charge in [-0.15, -0.1) is 0 Å². The predicted octanol–water partition coefficient (Wildman–Crippen LogP) is 3.37. The molecule has 2 nitrogen and oxygen atoms in total. The lowest BCUT2D eigenvalue weighted by atomic mass is 9.90. The van der Waals surface area contributed by atoms with E-state index in [1.165, 1.54) is 51.7 Å². The molecule has 0 aromatic carbocycles. The molecule has 3 aliphatic rings. The molecule has 0 bridgehead atoms. The summed E-state index contributed by atoms with van der Waals surface area (Å²) in [5, 5.41) is 0. The largest absolute Gasteiger partial charge is 0.298 e. The zero-order valence-corrected chi connectivity index (χ0v) is 13.4. The molecule has 3 atom stereocenters. The van der Waals surface area contributed by atoms with Gasteiger partial charge in [-0.3, -0.25) is 9.80 Å². The van der Waals surface area contributed by atoms with Crippen molar-refractivity contribution in [2.45, 2.75) is 77.9 Å². The Labute approximate surface area is 119 Å². The van der Waals surface area contributed by atoms with Crippen molar-refractivity contribution in [3.8, 4) is 0 Å². The molecule has 0 radical (unpaired) electrons. The van der Waals surface area contributed by atoms with E-state index in [4.69, 9.17) is 0 Å². The van der Waals surface area contributed by atoms with Crippen LogP contribution < -0.4 is 0 Å². The van der Waals surface area contributed by atoms with Gasteiger partial charge in [0.2, 0.25) is 0 Å². The molecule has 19 heavy (non-hydrogen) atoms. The van der Waals surface area contributed by atoms with Crippen molar-refractivity contribution in [1.82, 2.24) is 9.80 Å². The van der Waals surface area contributed by atoms with Crippen LogP contribution in [0.1, 0.15) is 59.8 Å². The van der Waals surface area contributed by atoms with Crippen molar-refractivity contribution in [1.29, 1.82) is 0 Å². The van der Waals surface area contributed by atoms with E-state index >= 15 is 0 Å². The maximum atomic E-state index is 2.92. The summed E-state index contributed by atoms with van der Waals surface area (Å²) in [6, 6.07) is 2.54. The second kappa shape index (κ2) is 5.04. The van der Waals surface area contributed by atoms with E-state index in [9.17, 15) is 0 Å². The lowest BCUT2D eigenvalue weighted by molar-refractivity contribution is -0.000647. The molecule has 1 aliphatic carbocycles. The van der Waals surface area contributed by atoms with Gasteiger partial charge >= 0.3 is 0 Å². The third-order valence-electron chi connectivity index (χ3n) is 5.95. The Balaban J connectivity index is 1.74. The summed E-state index contributed by atoms with van der Waals surface area (Å²) in [6.07, 6.45) is 7.15. The van der Waals surface area contributed by atoms with Crippen molar-refractivity contribution in [3.63, 3.8) is 0 Å². The van der Waals surface area contributed by atoms with Gasteiger partial charge < -0.3 is 0 Å². The molecule has 110 valence electrons. The fraction of sp³-hybridized carbons (Fsp3) is 1.00. The van der Waals surface area contributed by atoms with Gasteiger partial charge in [-0.2, -0.15) is 0 Å². The number of hydrogen-bond donors (Lipinski definition) is 0. The van der Waals surface area contributed by atoms with Crippen molar-refractivity contribution in [2.75, 3.05) is 19.6 Å². The van der Waals surface area contributed by atoms with Crippen LogP contribution in [-0.4, -0.2) is 47.6 Å². The van der Waals surface area contributed by atoms with Gasteiger partial charge in [0.25, 0.3) is 0 Å². The van der Waals surface area contributed by atoms with E-state index in [0.29, 0.717) is 5.41 Å². The Morgan fingerprint density at radius 2 is 1.84 bits per heavy atom. The van der Waals surface area contributed by atoms with E-state index in [0.717, 1.165) is 24.0 Å². The maximum absolute atomic E-state index is 2.92. The van der Waals surface area contributed by atoms with Crippen LogP contribution in [0.2, 0.25) is 0 Å². The van der Waals surface area contributed by atoms with Gasteiger partial charge in [0.05, 0.1) is 0 Å². The zero-order valence-electron chi connectivity index (χ0n) is 13.4. The van der Waals surface area contributed by atoms with Crippen molar-refractivity contribution >= 4 is 0 Å². The average molecular weight is 264 g/mol. The van der Waals surface area contributed by atoms with Crippen molar-refractivity contribution < 1.29 is 0 Å². The first-order valence-corrected chi connectivity index (χ1v) is 8.46. The SMILES string of the molecule is CC(C)C1CN2CCCC2CN1C1CCC(C)(C)C1. The van der Waals surface area contributed by atoms with Crippen LogP contribution in [0.15, 0.2) is 0 Å². The van der Waals surface area contributed by atoms with Crippen LogP contribution in [-0.2, 0) is 0 Å². The third kappa shape index (κ3) is 2.71. The van der Waals surface area contributed by atoms with Gasteiger partial charge in [0, 0.05) is 31.2 Å². The predicted molar refractivity (Wildman–Crippen MR) is 81.3 cm³/mol. The third-order valence-corrected chi connectivity index (χ3v) is 5.95. The highest BCUT2D eigenvalue weighted by atomic mass is 15.3. The van der Waals surface area contributed by atoms with E-state index in [1.807, 2.05) is 0 Å². The molecule has 0 amide bonds. The molecule has 3 fully saturated rings. The quantitative estimate of drug-likeness (QED) is 0.754.